The van der Waals surface area contributed by atoms with Crippen molar-refractivity contribution in [2.24, 2.45) is 0 Å². The highest BCUT2D eigenvalue weighted by atomic mass is 32.2. The normalized spacial score (nSPS) is 11.4. The lowest BCUT2D eigenvalue weighted by atomic mass is 10.3. The second kappa shape index (κ2) is 4.59. The van der Waals surface area contributed by atoms with Gasteiger partial charge in [0.2, 0.25) is 10.0 Å². The zero-order valence-corrected chi connectivity index (χ0v) is 9.87. The number of pyridine rings is 1. The molecule has 0 atom stereocenters. The molecule has 1 heterocycles. The molecule has 1 aromatic heterocycles. The van der Waals surface area contributed by atoms with E-state index in [1.165, 1.54) is 17.6 Å². The van der Waals surface area contributed by atoms with Crippen LogP contribution in [-0.2, 0) is 16.6 Å². The van der Waals surface area contributed by atoms with Gasteiger partial charge in [-0.1, -0.05) is 0 Å². The van der Waals surface area contributed by atoms with E-state index in [4.69, 9.17) is 0 Å². The topological polar surface area (TPSA) is 62.3 Å². The maximum Gasteiger partial charge on any atom is 0.231 e. The summed E-state index contributed by atoms with van der Waals surface area (Å²) in [4.78, 5) is 4.11. The Bertz CT molecular complexity index is 431. The molecule has 1 aromatic rings. The van der Waals surface area contributed by atoms with Crippen molar-refractivity contribution >= 4 is 15.7 Å². The molecule has 0 unspecified atom stereocenters. The fourth-order valence-electron chi connectivity index (χ4n) is 1.13. The predicted octanol–water partition coefficient (Wildman–Crippen LogP) is 0.197. The monoisotopic (exact) mass is 229 g/mol. The number of aromatic nitrogens is 1. The van der Waals surface area contributed by atoms with Crippen molar-refractivity contribution < 1.29 is 8.42 Å². The number of nitrogens with one attached hydrogen (secondary N) is 1. The Balaban J connectivity index is 3.00. The Kier molecular flexibility index (Phi) is 3.65. The van der Waals surface area contributed by atoms with Gasteiger partial charge < -0.3 is 5.32 Å². The van der Waals surface area contributed by atoms with E-state index >= 15 is 0 Å². The fraction of sp³-hybridized carbons (Fsp3) is 0.444. The zero-order valence-electron chi connectivity index (χ0n) is 9.06. The molecule has 0 saturated carbocycles. The summed E-state index contributed by atoms with van der Waals surface area (Å²) < 4.78 is 23.8. The summed E-state index contributed by atoms with van der Waals surface area (Å²) in [6, 6.07) is 3.41. The van der Waals surface area contributed by atoms with E-state index in [1.807, 2.05) is 7.05 Å². The quantitative estimate of drug-likeness (QED) is 0.801. The highest BCUT2D eigenvalue weighted by molar-refractivity contribution is 7.92. The minimum Gasteiger partial charge on any atom is -0.314 e. The SMILES string of the molecule is CNCc1cc(N(C)S(C)(=O)=O)ccn1. The van der Waals surface area contributed by atoms with Crippen molar-refractivity contribution in [2.75, 3.05) is 24.7 Å². The van der Waals surface area contributed by atoms with Gasteiger partial charge in [0, 0.05) is 19.8 Å². The first kappa shape index (κ1) is 11.9. The predicted molar refractivity (Wildman–Crippen MR) is 60.2 cm³/mol. The minimum absolute atomic E-state index is 0.617. The summed E-state index contributed by atoms with van der Waals surface area (Å²) in [5, 5.41) is 2.96. The molecule has 0 amide bonds. The van der Waals surface area contributed by atoms with Gasteiger partial charge in [-0.25, -0.2) is 8.42 Å². The number of nitrogens with zero attached hydrogens (tertiary/aromatic N) is 2. The van der Waals surface area contributed by atoms with Crippen LogP contribution < -0.4 is 9.62 Å². The molecule has 0 radical (unpaired) electrons. The summed E-state index contributed by atoms with van der Waals surface area (Å²) in [6.45, 7) is 0.617. The molecular formula is C9H15N3O2S. The number of hydrogen-bond acceptors (Lipinski definition) is 4. The van der Waals surface area contributed by atoms with Gasteiger partial charge in [-0.05, 0) is 19.2 Å². The van der Waals surface area contributed by atoms with Crippen molar-refractivity contribution in [3.05, 3.63) is 24.0 Å². The first-order valence-electron chi connectivity index (χ1n) is 4.48. The highest BCUT2D eigenvalue weighted by Crippen LogP contribution is 2.15. The molecule has 6 heteroatoms. The van der Waals surface area contributed by atoms with Gasteiger partial charge >= 0.3 is 0 Å². The van der Waals surface area contributed by atoms with E-state index in [0.29, 0.717) is 12.2 Å². The molecule has 0 fully saturated rings. The van der Waals surface area contributed by atoms with Crippen molar-refractivity contribution in [2.45, 2.75) is 6.54 Å². The smallest absolute Gasteiger partial charge is 0.231 e. The maximum atomic E-state index is 11.3. The summed E-state index contributed by atoms with van der Waals surface area (Å²) in [6.07, 6.45) is 2.77. The first-order chi connectivity index (χ1) is 6.95. The van der Waals surface area contributed by atoms with Crippen LogP contribution in [0.4, 0.5) is 5.69 Å². The van der Waals surface area contributed by atoms with Crippen LogP contribution in [0.2, 0.25) is 0 Å². The third-order valence-electron chi connectivity index (χ3n) is 2.02. The Labute approximate surface area is 90.2 Å². The van der Waals surface area contributed by atoms with Crippen molar-refractivity contribution in [1.82, 2.24) is 10.3 Å². The summed E-state index contributed by atoms with van der Waals surface area (Å²) in [5.74, 6) is 0. The molecule has 84 valence electrons. The van der Waals surface area contributed by atoms with E-state index in [2.05, 4.69) is 10.3 Å². The molecule has 0 aliphatic heterocycles. The van der Waals surface area contributed by atoms with Crippen molar-refractivity contribution in [3.63, 3.8) is 0 Å². The largest absolute Gasteiger partial charge is 0.314 e. The average molecular weight is 229 g/mol. The highest BCUT2D eigenvalue weighted by Gasteiger charge is 2.11. The average Bonchev–Trinajstić information content (AvgIpc) is 2.16. The Hall–Kier alpha value is -1.14. The molecule has 0 aromatic carbocycles. The van der Waals surface area contributed by atoms with Gasteiger partial charge in [0.25, 0.3) is 0 Å². The van der Waals surface area contributed by atoms with Gasteiger partial charge in [-0.2, -0.15) is 0 Å². The zero-order chi connectivity index (χ0) is 11.5. The van der Waals surface area contributed by atoms with E-state index in [9.17, 15) is 8.42 Å². The molecule has 0 aliphatic rings. The van der Waals surface area contributed by atoms with Gasteiger partial charge in [0.05, 0.1) is 17.6 Å². The number of hydrogen-bond donors (Lipinski definition) is 1. The summed E-state index contributed by atoms with van der Waals surface area (Å²) in [5.41, 5.74) is 1.43. The number of rotatable bonds is 4. The van der Waals surface area contributed by atoms with Crippen LogP contribution in [0.25, 0.3) is 0 Å². The lowest BCUT2D eigenvalue weighted by Gasteiger charge is -2.16. The maximum absolute atomic E-state index is 11.3. The third-order valence-corrected chi connectivity index (χ3v) is 3.22. The van der Waals surface area contributed by atoms with Crippen LogP contribution in [-0.4, -0.2) is 33.8 Å². The van der Waals surface area contributed by atoms with Gasteiger partial charge in [-0.3, -0.25) is 9.29 Å². The lowest BCUT2D eigenvalue weighted by molar-refractivity contribution is 0.600. The molecule has 1 N–H and O–H groups in total. The van der Waals surface area contributed by atoms with E-state index in [-0.39, 0.29) is 0 Å². The van der Waals surface area contributed by atoms with Crippen LogP contribution in [0.15, 0.2) is 18.3 Å². The third kappa shape index (κ3) is 3.17. The molecule has 15 heavy (non-hydrogen) atoms. The van der Waals surface area contributed by atoms with Crippen molar-refractivity contribution in [3.8, 4) is 0 Å². The van der Waals surface area contributed by atoms with E-state index < -0.39 is 10.0 Å². The Morgan fingerprint density at radius 2 is 2.20 bits per heavy atom. The molecule has 1 rings (SSSR count). The Morgan fingerprint density at radius 3 is 2.73 bits per heavy atom. The fourth-order valence-corrected chi connectivity index (χ4v) is 1.63. The molecule has 5 nitrogen and oxygen atoms in total. The standard InChI is InChI=1S/C9H15N3O2S/c1-10-7-8-6-9(4-5-11-8)12(2)15(3,13)14/h4-6,10H,7H2,1-3H3. The van der Waals surface area contributed by atoms with Gasteiger partial charge in [-0.15, -0.1) is 0 Å². The molecular weight excluding hydrogens is 214 g/mol. The number of anilines is 1. The molecule has 0 aliphatic carbocycles. The minimum atomic E-state index is -3.20. The van der Waals surface area contributed by atoms with E-state index in [1.54, 1.807) is 18.3 Å². The molecule has 0 bridgehead atoms. The molecule has 0 spiro atoms. The summed E-state index contributed by atoms with van der Waals surface area (Å²) in [7, 11) is 0.133. The van der Waals surface area contributed by atoms with Crippen molar-refractivity contribution in [1.29, 1.82) is 0 Å². The van der Waals surface area contributed by atoms with Gasteiger partial charge in [0.1, 0.15) is 0 Å². The van der Waals surface area contributed by atoms with Crippen LogP contribution in [0.1, 0.15) is 5.69 Å². The Morgan fingerprint density at radius 1 is 1.53 bits per heavy atom. The lowest BCUT2D eigenvalue weighted by Crippen LogP contribution is -2.25. The van der Waals surface area contributed by atoms with E-state index in [0.717, 1.165) is 5.69 Å². The van der Waals surface area contributed by atoms with Crippen LogP contribution in [0.3, 0.4) is 0 Å². The number of sulfonamides is 1. The van der Waals surface area contributed by atoms with Crippen LogP contribution in [0.5, 0.6) is 0 Å². The van der Waals surface area contributed by atoms with Crippen LogP contribution >= 0.6 is 0 Å². The van der Waals surface area contributed by atoms with Gasteiger partial charge in [0.15, 0.2) is 0 Å². The first-order valence-corrected chi connectivity index (χ1v) is 6.33. The second-order valence-electron chi connectivity index (χ2n) is 3.27. The molecule has 0 saturated heterocycles. The van der Waals surface area contributed by atoms with Crippen LogP contribution in [0, 0.1) is 0 Å². The summed E-state index contributed by atoms with van der Waals surface area (Å²) >= 11 is 0. The second-order valence-corrected chi connectivity index (χ2v) is 5.28.